The molecule has 0 aliphatic heterocycles. The van der Waals surface area contributed by atoms with Gasteiger partial charge in [-0.3, -0.25) is 8.78 Å². The number of rotatable bonds is 12. The molecule has 0 saturated carbocycles. The normalized spacial score (nSPS) is 11.0. The fourth-order valence-corrected chi connectivity index (χ4v) is 9.05. The minimum absolute atomic E-state index is 0. The molecule has 0 fully saturated rings. The Bertz CT molecular complexity index is 3570. The van der Waals surface area contributed by atoms with Crippen molar-refractivity contribution in [2.75, 3.05) is 0 Å². The van der Waals surface area contributed by atoms with Crippen molar-refractivity contribution in [1.29, 1.82) is 0 Å². The summed E-state index contributed by atoms with van der Waals surface area (Å²) in [6.07, 6.45) is 7.30. The van der Waals surface area contributed by atoms with Gasteiger partial charge in [0.1, 0.15) is 0 Å². The molecule has 0 aliphatic carbocycles. The maximum absolute atomic E-state index is 13.7. The summed E-state index contributed by atoms with van der Waals surface area (Å²) in [5, 5.41) is 0. The van der Waals surface area contributed by atoms with E-state index in [4.69, 9.17) is 15.0 Å². The molecule has 0 amide bonds. The third-order valence-electron chi connectivity index (χ3n) is 12.7. The first kappa shape index (κ1) is 46.4. The van der Waals surface area contributed by atoms with Crippen molar-refractivity contribution in [3.05, 3.63) is 272 Å². The van der Waals surface area contributed by atoms with Crippen molar-refractivity contribution in [1.82, 2.24) is 15.0 Å². The van der Waals surface area contributed by atoms with Gasteiger partial charge in [0.05, 0.1) is 0 Å². The molecule has 11 rings (SSSR count). The summed E-state index contributed by atoms with van der Waals surface area (Å²) in [5.41, 5.74) is 19.8. The maximum Gasteiger partial charge on any atom is 3.00 e. The van der Waals surface area contributed by atoms with E-state index in [1.165, 1.54) is 29.8 Å². The molecule has 0 spiro atoms. The summed E-state index contributed by atoms with van der Waals surface area (Å²) in [7, 11) is 0. The molecule has 0 bridgehead atoms. The quantitative estimate of drug-likeness (QED) is 0.114. The summed E-state index contributed by atoms with van der Waals surface area (Å²) in [5.74, 6) is -0.660. The van der Waals surface area contributed by atoms with Crippen LogP contribution in [0.5, 0.6) is 0 Å². The zero-order valence-electron chi connectivity index (χ0n) is 38.3. The van der Waals surface area contributed by atoms with Crippen LogP contribution in [0, 0.1) is 29.8 Å². The van der Waals surface area contributed by atoms with Gasteiger partial charge in [0.25, 0.3) is 0 Å². The summed E-state index contributed by atoms with van der Waals surface area (Å²) in [6.45, 7) is 0. The fraction of sp³-hybridized carbons (Fsp3) is 0.0308. The van der Waals surface area contributed by atoms with E-state index < -0.39 is 0 Å². The van der Waals surface area contributed by atoms with Crippen molar-refractivity contribution >= 4 is 0 Å². The number of pyridine rings is 3. The van der Waals surface area contributed by atoms with Crippen LogP contribution in [0.25, 0.3) is 101 Å². The molecule has 11 aromatic rings. The van der Waals surface area contributed by atoms with Crippen molar-refractivity contribution in [3.63, 3.8) is 0 Å². The van der Waals surface area contributed by atoms with Gasteiger partial charge in [-0.05, 0) is 108 Å². The first-order chi connectivity index (χ1) is 34.5. The Balaban J connectivity index is 0.00000582. The topological polar surface area (TPSA) is 38.7 Å². The van der Waals surface area contributed by atoms with Gasteiger partial charge in [-0.2, -0.15) is 0 Å². The van der Waals surface area contributed by atoms with Gasteiger partial charge in [0.15, 0.2) is 0 Å². The molecule has 0 aliphatic rings. The Kier molecular flexibility index (Phi) is 13.8. The molecule has 0 saturated heterocycles. The first-order valence-electron chi connectivity index (χ1n) is 23.2. The zero-order chi connectivity index (χ0) is 47.2. The number of halogens is 2. The Morgan fingerprint density at radius 3 is 1.44 bits per heavy atom. The summed E-state index contributed by atoms with van der Waals surface area (Å²) < 4.78 is 27.4. The van der Waals surface area contributed by atoms with Crippen LogP contribution in [0.4, 0.5) is 8.78 Å². The van der Waals surface area contributed by atoms with Crippen molar-refractivity contribution in [3.8, 4) is 101 Å². The number of nitrogens with zero attached hydrogens (tertiary/aromatic N) is 3. The smallest absolute Gasteiger partial charge is 0.304 e. The minimum Gasteiger partial charge on any atom is -0.304 e. The molecular formula is C65H42F2IrN3. The number of hydrogen-bond donors (Lipinski definition) is 0. The van der Waals surface area contributed by atoms with E-state index in [2.05, 4.69) is 152 Å². The van der Waals surface area contributed by atoms with Gasteiger partial charge in [-0.15, -0.1) is 95.6 Å². The SMILES string of the molecule is Fc1c[c-]c(-c2ccc(CCc3cc(-c4ccccc4-c4ccc(-c5[c-]cc(F)cc5)nc4)cc(-c4ccccc4-c4cnc(-c5[c-]cccc5)cc4-c4ccc(-c5ccccc5)cc4)c3)cn2)cc1.[Ir+3]. The number of benzene rings is 8. The molecule has 0 radical (unpaired) electrons. The molecule has 3 aromatic heterocycles. The second kappa shape index (κ2) is 21.2. The molecule has 0 unspecified atom stereocenters. The summed E-state index contributed by atoms with van der Waals surface area (Å²) in [6, 6.07) is 79.7. The Morgan fingerprint density at radius 2 is 0.845 bits per heavy atom. The van der Waals surface area contributed by atoms with Gasteiger partial charge in [-0.25, -0.2) is 0 Å². The Hall–Kier alpha value is -8.28. The zero-order valence-corrected chi connectivity index (χ0v) is 40.7. The minimum atomic E-state index is -0.334. The standard InChI is InChI=1S/C65H42F2N3.Ir/c66-55-31-26-50(27-32-55)63-35-21-44(41-68-63)19-20-45-37-53(58-16-8-7-15-57(58)52-30-36-64(69-42-52)51-28-33-56(67)34-29-51)39-54(38-45)59-17-9-10-18-60(59)62-43-70-65(49-13-5-2-6-14-49)40-61(62)48-24-22-47(23-25-48)46-11-3-1-4-12-46;/h1-13,15-18,21-26,28,30-43H,19-20H2;/q-3;+3. The van der Waals surface area contributed by atoms with E-state index in [0.717, 1.165) is 119 Å². The van der Waals surface area contributed by atoms with Crippen molar-refractivity contribution < 1.29 is 28.9 Å². The molecular weight excluding hydrogens is 1050 g/mol. The molecule has 0 N–H and O–H groups in total. The van der Waals surface area contributed by atoms with Crippen LogP contribution < -0.4 is 0 Å². The van der Waals surface area contributed by atoms with E-state index >= 15 is 0 Å². The van der Waals surface area contributed by atoms with Gasteiger partial charge >= 0.3 is 20.1 Å². The summed E-state index contributed by atoms with van der Waals surface area (Å²) in [4.78, 5) is 14.6. The van der Waals surface area contributed by atoms with Crippen LogP contribution in [0.1, 0.15) is 11.1 Å². The largest absolute Gasteiger partial charge is 3.00 e. The monoisotopic (exact) mass is 1100 g/mol. The average Bonchev–Trinajstić information content (AvgIpc) is 3.43. The predicted octanol–water partition coefficient (Wildman–Crippen LogP) is 16.3. The van der Waals surface area contributed by atoms with Crippen LogP contribution in [0.2, 0.25) is 0 Å². The molecule has 8 aromatic carbocycles. The predicted molar refractivity (Wildman–Crippen MR) is 279 cm³/mol. The van der Waals surface area contributed by atoms with E-state index in [1.807, 2.05) is 61.1 Å². The van der Waals surface area contributed by atoms with Crippen molar-refractivity contribution in [2.24, 2.45) is 0 Å². The third-order valence-corrected chi connectivity index (χ3v) is 12.7. The van der Waals surface area contributed by atoms with Gasteiger partial charge < -0.3 is 15.0 Å². The van der Waals surface area contributed by atoms with Crippen molar-refractivity contribution in [2.45, 2.75) is 12.8 Å². The molecule has 3 heterocycles. The van der Waals surface area contributed by atoms with Gasteiger partial charge in [0.2, 0.25) is 0 Å². The summed E-state index contributed by atoms with van der Waals surface area (Å²) >= 11 is 0. The van der Waals surface area contributed by atoms with Crippen LogP contribution in [0.15, 0.2) is 231 Å². The van der Waals surface area contributed by atoms with E-state index in [9.17, 15) is 8.78 Å². The Morgan fingerprint density at radius 1 is 0.324 bits per heavy atom. The first-order valence-corrected chi connectivity index (χ1v) is 23.2. The molecule has 71 heavy (non-hydrogen) atoms. The van der Waals surface area contributed by atoms with Crippen LogP contribution >= 0.6 is 0 Å². The van der Waals surface area contributed by atoms with E-state index in [0.29, 0.717) is 0 Å². The molecule has 3 nitrogen and oxygen atoms in total. The van der Waals surface area contributed by atoms with Crippen LogP contribution in [-0.4, -0.2) is 15.0 Å². The molecule has 340 valence electrons. The number of hydrogen-bond acceptors (Lipinski definition) is 3. The van der Waals surface area contributed by atoms with E-state index in [1.54, 1.807) is 12.1 Å². The fourth-order valence-electron chi connectivity index (χ4n) is 9.05. The van der Waals surface area contributed by atoms with Crippen LogP contribution in [0.3, 0.4) is 0 Å². The second-order valence-corrected chi connectivity index (χ2v) is 17.2. The molecule has 0 atom stereocenters. The van der Waals surface area contributed by atoms with Crippen LogP contribution in [-0.2, 0) is 32.9 Å². The van der Waals surface area contributed by atoms with Gasteiger partial charge in [-0.1, -0.05) is 146 Å². The molecule has 6 heteroatoms. The third kappa shape index (κ3) is 10.4. The Labute approximate surface area is 426 Å². The number of aryl methyl sites for hydroxylation is 2. The van der Waals surface area contributed by atoms with Gasteiger partial charge in [0, 0.05) is 35.8 Å². The second-order valence-electron chi connectivity index (χ2n) is 17.2. The maximum atomic E-state index is 13.7. The van der Waals surface area contributed by atoms with E-state index in [-0.39, 0.29) is 31.7 Å². The average molecular weight is 1100 g/mol. The number of aromatic nitrogens is 3.